The van der Waals surface area contributed by atoms with E-state index < -0.39 is 5.82 Å². The van der Waals surface area contributed by atoms with Crippen molar-refractivity contribution < 1.29 is 9.18 Å². The zero-order valence-corrected chi connectivity index (χ0v) is 11.3. The lowest BCUT2D eigenvalue weighted by Crippen LogP contribution is -2.07. The molecular formula is C14H14ClFN2O. The van der Waals surface area contributed by atoms with Gasteiger partial charge in [-0.15, -0.1) is 0 Å². The average Bonchev–Trinajstić information content (AvgIpc) is 2.76. The van der Waals surface area contributed by atoms with Crippen LogP contribution in [-0.2, 0) is 24.7 Å². The molecule has 2 aromatic rings. The third kappa shape index (κ3) is 3.64. The van der Waals surface area contributed by atoms with Crippen molar-refractivity contribution in [1.82, 2.24) is 9.55 Å². The number of hydrogen-bond donors (Lipinski definition) is 0. The fraction of sp³-hybridized carbons (Fsp3) is 0.286. The first-order valence-electron chi connectivity index (χ1n) is 5.98. The molecule has 0 saturated heterocycles. The van der Waals surface area contributed by atoms with E-state index in [4.69, 9.17) is 11.6 Å². The summed E-state index contributed by atoms with van der Waals surface area (Å²) in [4.78, 5) is 16.0. The smallest absolute Gasteiger partial charge is 0.137 e. The molecule has 0 aliphatic heterocycles. The van der Waals surface area contributed by atoms with Crippen molar-refractivity contribution in [3.05, 3.63) is 52.8 Å². The van der Waals surface area contributed by atoms with Crippen molar-refractivity contribution in [1.29, 1.82) is 0 Å². The van der Waals surface area contributed by atoms with Gasteiger partial charge >= 0.3 is 0 Å². The summed E-state index contributed by atoms with van der Waals surface area (Å²) in [6.07, 6.45) is 4.77. The number of aryl methyl sites for hydroxylation is 2. The van der Waals surface area contributed by atoms with Crippen LogP contribution in [0.1, 0.15) is 17.8 Å². The Bertz CT molecular complexity index is 595. The minimum absolute atomic E-state index is 0.0662. The molecule has 0 unspecified atom stereocenters. The van der Waals surface area contributed by atoms with Crippen LogP contribution in [-0.4, -0.2) is 15.3 Å². The second-order valence-corrected chi connectivity index (χ2v) is 4.81. The van der Waals surface area contributed by atoms with E-state index >= 15 is 0 Å². The molecule has 1 aromatic carbocycles. The zero-order valence-electron chi connectivity index (χ0n) is 10.6. The van der Waals surface area contributed by atoms with E-state index in [0.717, 1.165) is 5.82 Å². The summed E-state index contributed by atoms with van der Waals surface area (Å²) in [6.45, 7) is 0. The molecule has 0 amide bonds. The maximum absolute atomic E-state index is 12.9. The van der Waals surface area contributed by atoms with Crippen molar-refractivity contribution in [2.45, 2.75) is 19.3 Å². The highest BCUT2D eigenvalue weighted by molar-refractivity contribution is 6.31. The van der Waals surface area contributed by atoms with E-state index in [9.17, 15) is 9.18 Å². The Kier molecular flexibility index (Phi) is 4.32. The van der Waals surface area contributed by atoms with Crippen molar-refractivity contribution >= 4 is 17.4 Å². The first-order valence-corrected chi connectivity index (χ1v) is 6.36. The predicted octanol–water partition coefficient (Wildman–Crippen LogP) is 2.96. The first kappa shape index (κ1) is 13.7. The number of carbonyl (C=O) groups excluding carboxylic acids is 1. The van der Waals surface area contributed by atoms with Crippen LogP contribution in [0.25, 0.3) is 0 Å². The Labute approximate surface area is 116 Å². The number of carbonyl (C=O) groups is 1. The van der Waals surface area contributed by atoms with Crippen LogP contribution in [0.5, 0.6) is 0 Å². The molecular weight excluding hydrogens is 267 g/mol. The molecule has 0 fully saturated rings. The molecule has 0 spiro atoms. The van der Waals surface area contributed by atoms with Crippen LogP contribution in [0.2, 0.25) is 5.02 Å². The van der Waals surface area contributed by atoms with Gasteiger partial charge in [-0.05, 0) is 17.7 Å². The summed E-state index contributed by atoms with van der Waals surface area (Å²) >= 11 is 5.89. The highest BCUT2D eigenvalue weighted by atomic mass is 35.5. The van der Waals surface area contributed by atoms with Gasteiger partial charge in [0.05, 0.1) is 0 Å². The first-order chi connectivity index (χ1) is 9.06. The minimum atomic E-state index is -0.394. The molecule has 0 radical (unpaired) electrons. The molecule has 1 aromatic heterocycles. The van der Waals surface area contributed by atoms with Crippen molar-refractivity contribution in [3.8, 4) is 0 Å². The summed E-state index contributed by atoms with van der Waals surface area (Å²) in [5.41, 5.74) is 0.660. The van der Waals surface area contributed by atoms with Gasteiger partial charge in [0.15, 0.2) is 0 Å². The number of benzene rings is 1. The van der Waals surface area contributed by atoms with Gasteiger partial charge in [0.25, 0.3) is 0 Å². The molecule has 0 N–H and O–H groups in total. The number of ketones is 1. The zero-order chi connectivity index (χ0) is 13.8. The van der Waals surface area contributed by atoms with Crippen molar-refractivity contribution in [3.63, 3.8) is 0 Å². The third-order valence-electron chi connectivity index (χ3n) is 2.95. The largest absolute Gasteiger partial charge is 0.338 e. The topological polar surface area (TPSA) is 34.9 Å². The number of aromatic nitrogens is 2. The summed E-state index contributed by atoms with van der Waals surface area (Å²) in [7, 11) is 1.89. The molecule has 100 valence electrons. The van der Waals surface area contributed by atoms with Gasteiger partial charge in [-0.3, -0.25) is 4.79 Å². The lowest BCUT2D eigenvalue weighted by Gasteiger charge is -2.04. The van der Waals surface area contributed by atoms with Gasteiger partial charge < -0.3 is 4.57 Å². The summed E-state index contributed by atoms with van der Waals surface area (Å²) < 4.78 is 14.8. The quantitative estimate of drug-likeness (QED) is 0.844. The van der Waals surface area contributed by atoms with E-state index in [1.54, 1.807) is 12.3 Å². The van der Waals surface area contributed by atoms with Crippen LogP contribution < -0.4 is 0 Å². The fourth-order valence-electron chi connectivity index (χ4n) is 1.85. The fourth-order valence-corrected chi connectivity index (χ4v) is 2.09. The van der Waals surface area contributed by atoms with Gasteiger partial charge in [0.2, 0.25) is 0 Å². The average molecular weight is 281 g/mol. The van der Waals surface area contributed by atoms with Crippen LogP contribution in [0.4, 0.5) is 4.39 Å². The van der Waals surface area contributed by atoms with Gasteiger partial charge in [-0.2, -0.15) is 0 Å². The second kappa shape index (κ2) is 5.97. The Morgan fingerprint density at radius 2 is 2.26 bits per heavy atom. The molecule has 0 bridgehead atoms. The van der Waals surface area contributed by atoms with Gasteiger partial charge in [0.1, 0.15) is 17.4 Å². The summed E-state index contributed by atoms with van der Waals surface area (Å²) in [6, 6.07) is 4.09. The summed E-state index contributed by atoms with van der Waals surface area (Å²) in [5, 5.41) is 0.297. The van der Waals surface area contributed by atoms with Gasteiger partial charge in [-0.1, -0.05) is 17.7 Å². The molecule has 5 heteroatoms. The van der Waals surface area contributed by atoms with E-state index in [1.165, 1.54) is 12.1 Å². The molecule has 19 heavy (non-hydrogen) atoms. The molecule has 2 rings (SSSR count). The SMILES string of the molecule is Cn1ccnc1CCC(=O)Cc1ccc(F)cc1Cl. The standard InChI is InChI=1S/C14H14ClFN2O/c1-18-7-6-17-14(18)5-4-12(19)8-10-2-3-11(16)9-13(10)15/h2-3,6-7,9H,4-5,8H2,1H3. The highest BCUT2D eigenvalue weighted by Gasteiger charge is 2.09. The lowest BCUT2D eigenvalue weighted by molar-refractivity contribution is -0.118. The van der Waals surface area contributed by atoms with Crippen LogP contribution >= 0.6 is 11.6 Å². The number of hydrogen-bond acceptors (Lipinski definition) is 2. The van der Waals surface area contributed by atoms with Crippen molar-refractivity contribution in [2.24, 2.45) is 7.05 Å². The van der Waals surface area contributed by atoms with E-state index in [2.05, 4.69) is 4.98 Å². The molecule has 0 atom stereocenters. The van der Waals surface area contributed by atoms with Crippen LogP contribution in [0.3, 0.4) is 0 Å². The van der Waals surface area contributed by atoms with E-state index in [-0.39, 0.29) is 12.2 Å². The Balaban J connectivity index is 1.93. The normalized spacial score (nSPS) is 10.7. The number of Topliss-reactive ketones (excluding diaryl/α,β-unsaturated/α-hetero) is 1. The predicted molar refractivity (Wildman–Crippen MR) is 71.7 cm³/mol. The number of halogens is 2. The van der Waals surface area contributed by atoms with Gasteiger partial charge in [-0.25, -0.2) is 9.37 Å². The van der Waals surface area contributed by atoms with Crippen molar-refractivity contribution in [2.75, 3.05) is 0 Å². The monoisotopic (exact) mass is 280 g/mol. The second-order valence-electron chi connectivity index (χ2n) is 4.41. The molecule has 0 saturated carbocycles. The maximum atomic E-state index is 12.9. The Morgan fingerprint density at radius 1 is 1.47 bits per heavy atom. The van der Waals surface area contributed by atoms with E-state index in [1.807, 2.05) is 17.8 Å². The Hall–Kier alpha value is -1.68. The number of imidazole rings is 1. The molecule has 1 heterocycles. The summed E-state index contributed by atoms with van der Waals surface area (Å²) in [5.74, 6) is 0.546. The number of rotatable bonds is 5. The minimum Gasteiger partial charge on any atom is -0.338 e. The van der Waals surface area contributed by atoms with Crippen LogP contribution in [0, 0.1) is 5.82 Å². The van der Waals surface area contributed by atoms with Crippen LogP contribution in [0.15, 0.2) is 30.6 Å². The third-order valence-corrected chi connectivity index (χ3v) is 3.30. The molecule has 0 aliphatic rings. The van der Waals surface area contributed by atoms with E-state index in [0.29, 0.717) is 23.4 Å². The maximum Gasteiger partial charge on any atom is 0.137 e. The lowest BCUT2D eigenvalue weighted by atomic mass is 10.1. The molecule has 3 nitrogen and oxygen atoms in total. The Morgan fingerprint density at radius 3 is 2.89 bits per heavy atom. The molecule has 0 aliphatic carbocycles. The highest BCUT2D eigenvalue weighted by Crippen LogP contribution is 2.18. The van der Waals surface area contributed by atoms with Gasteiger partial charge in [0, 0.05) is 43.7 Å². The number of nitrogens with zero attached hydrogens (tertiary/aromatic N) is 2.